The molecule has 0 radical (unpaired) electrons. The van der Waals surface area contributed by atoms with Gasteiger partial charge in [0.05, 0.1) is 6.20 Å². The highest BCUT2D eigenvalue weighted by molar-refractivity contribution is 14.1. The first-order chi connectivity index (χ1) is 9.37. The summed E-state index contributed by atoms with van der Waals surface area (Å²) >= 11 is 2.36. The van der Waals surface area contributed by atoms with Crippen LogP contribution in [0.5, 0.6) is 0 Å². The van der Waals surface area contributed by atoms with Gasteiger partial charge in [0.25, 0.3) is 0 Å². The Bertz CT molecular complexity index is 584. The Morgan fingerprint density at radius 3 is 2.75 bits per heavy atom. The number of nitrogens with one attached hydrogen (secondary N) is 1. The Kier molecular flexibility index (Phi) is 4.86. The van der Waals surface area contributed by atoms with Crippen LogP contribution in [0, 0.1) is 10.5 Å². The third kappa shape index (κ3) is 4.06. The van der Waals surface area contributed by atoms with E-state index in [1.807, 2.05) is 6.20 Å². The van der Waals surface area contributed by atoms with Gasteiger partial charge in [0.2, 0.25) is 0 Å². The second-order valence-corrected chi connectivity index (χ2v) is 7.06. The van der Waals surface area contributed by atoms with Crippen LogP contribution in [0.15, 0.2) is 28.8 Å². The normalized spacial score (nSPS) is 11.8. The Balaban J connectivity index is 2.07. The van der Waals surface area contributed by atoms with E-state index in [1.54, 1.807) is 0 Å². The first-order valence-corrected chi connectivity index (χ1v) is 7.90. The van der Waals surface area contributed by atoms with Crippen molar-refractivity contribution in [1.29, 1.82) is 0 Å². The molecule has 0 aliphatic heterocycles. The number of hydrogen-bond donors (Lipinski definition) is 1. The molecular formula is C16H21IN2O. The van der Waals surface area contributed by atoms with E-state index >= 15 is 0 Å². The summed E-state index contributed by atoms with van der Waals surface area (Å²) in [6, 6.07) is 6.23. The van der Waals surface area contributed by atoms with Crippen LogP contribution in [0.25, 0.3) is 11.3 Å². The number of aryl methyl sites for hydroxylation is 1. The number of benzene rings is 1. The van der Waals surface area contributed by atoms with Gasteiger partial charge < -0.3 is 9.73 Å². The topological polar surface area (TPSA) is 38.1 Å². The van der Waals surface area contributed by atoms with Gasteiger partial charge in [-0.3, -0.25) is 0 Å². The predicted octanol–water partition coefficient (Wildman–Crippen LogP) is 4.19. The van der Waals surface area contributed by atoms with E-state index in [0.717, 1.165) is 30.2 Å². The second-order valence-electron chi connectivity index (χ2n) is 5.98. The van der Waals surface area contributed by atoms with E-state index in [-0.39, 0.29) is 5.54 Å². The lowest BCUT2D eigenvalue weighted by Gasteiger charge is -2.19. The van der Waals surface area contributed by atoms with Gasteiger partial charge in [-0.1, -0.05) is 18.2 Å². The molecule has 0 fully saturated rings. The molecule has 0 atom stereocenters. The van der Waals surface area contributed by atoms with Gasteiger partial charge in [-0.25, -0.2) is 4.98 Å². The largest absolute Gasteiger partial charge is 0.441 e. The first-order valence-electron chi connectivity index (χ1n) is 6.82. The highest BCUT2D eigenvalue weighted by atomic mass is 127. The van der Waals surface area contributed by atoms with Crippen molar-refractivity contribution in [2.75, 3.05) is 6.54 Å². The first kappa shape index (κ1) is 15.5. The molecule has 4 heteroatoms. The maximum atomic E-state index is 5.86. The van der Waals surface area contributed by atoms with Crippen molar-refractivity contribution in [2.45, 2.75) is 39.7 Å². The van der Waals surface area contributed by atoms with E-state index in [2.05, 4.69) is 78.8 Å². The average Bonchev–Trinajstić information content (AvgIpc) is 2.79. The molecule has 0 unspecified atom stereocenters. The van der Waals surface area contributed by atoms with Gasteiger partial charge in [-0.15, -0.1) is 0 Å². The third-order valence-electron chi connectivity index (χ3n) is 3.01. The summed E-state index contributed by atoms with van der Waals surface area (Å²) in [5.41, 5.74) is 2.50. The SMILES string of the molecule is Cc1cccc(-c2cnc(CCNC(C)(C)C)o2)c1I. The van der Waals surface area contributed by atoms with E-state index in [0.29, 0.717) is 0 Å². The average molecular weight is 384 g/mol. The van der Waals surface area contributed by atoms with Crippen LogP contribution in [0.3, 0.4) is 0 Å². The molecule has 1 heterocycles. The smallest absolute Gasteiger partial charge is 0.196 e. The van der Waals surface area contributed by atoms with Crippen LogP contribution in [-0.4, -0.2) is 17.1 Å². The summed E-state index contributed by atoms with van der Waals surface area (Å²) in [4.78, 5) is 4.37. The fourth-order valence-corrected chi connectivity index (χ4v) is 2.56. The molecular weight excluding hydrogens is 363 g/mol. The molecule has 20 heavy (non-hydrogen) atoms. The molecule has 0 saturated heterocycles. The summed E-state index contributed by atoms with van der Waals surface area (Å²) in [6.07, 6.45) is 2.63. The number of hydrogen-bond acceptors (Lipinski definition) is 3. The predicted molar refractivity (Wildman–Crippen MR) is 90.9 cm³/mol. The second kappa shape index (κ2) is 6.26. The molecule has 108 valence electrons. The van der Waals surface area contributed by atoms with Crippen molar-refractivity contribution in [1.82, 2.24) is 10.3 Å². The van der Waals surface area contributed by atoms with Gasteiger partial charge in [-0.2, -0.15) is 0 Å². The van der Waals surface area contributed by atoms with E-state index in [4.69, 9.17) is 4.42 Å². The van der Waals surface area contributed by atoms with Crippen LogP contribution in [-0.2, 0) is 6.42 Å². The number of oxazole rings is 1. The van der Waals surface area contributed by atoms with Crippen molar-refractivity contribution < 1.29 is 4.42 Å². The molecule has 0 spiro atoms. The third-order valence-corrected chi connectivity index (χ3v) is 4.44. The maximum Gasteiger partial charge on any atom is 0.196 e. The molecule has 0 aliphatic rings. The molecule has 0 bridgehead atoms. The van der Waals surface area contributed by atoms with Crippen molar-refractivity contribution in [3.63, 3.8) is 0 Å². The zero-order valence-electron chi connectivity index (χ0n) is 12.5. The molecule has 2 rings (SSSR count). The lowest BCUT2D eigenvalue weighted by molar-refractivity contribution is 0.412. The van der Waals surface area contributed by atoms with Gasteiger partial charge in [-0.05, 0) is 55.8 Å². The number of halogens is 1. The standard InChI is InChI=1S/C16H21IN2O/c1-11-6-5-7-12(15(11)17)13-10-18-14(20-13)8-9-19-16(2,3)4/h5-7,10,19H,8-9H2,1-4H3. The lowest BCUT2D eigenvalue weighted by Crippen LogP contribution is -2.37. The van der Waals surface area contributed by atoms with Crippen molar-refractivity contribution >= 4 is 22.6 Å². The Hall–Kier alpha value is -0.880. The zero-order chi connectivity index (χ0) is 14.8. The fourth-order valence-electron chi connectivity index (χ4n) is 1.93. The van der Waals surface area contributed by atoms with Crippen molar-refractivity contribution in [3.8, 4) is 11.3 Å². The lowest BCUT2D eigenvalue weighted by atomic mass is 10.1. The van der Waals surface area contributed by atoms with Crippen molar-refractivity contribution in [3.05, 3.63) is 39.4 Å². The number of nitrogens with zero attached hydrogens (tertiary/aromatic N) is 1. The Morgan fingerprint density at radius 1 is 1.30 bits per heavy atom. The summed E-state index contributed by atoms with van der Waals surface area (Å²) in [5.74, 6) is 1.64. The molecule has 0 aliphatic carbocycles. The van der Waals surface area contributed by atoms with Gasteiger partial charge in [0.1, 0.15) is 0 Å². The van der Waals surface area contributed by atoms with Gasteiger partial charge in [0.15, 0.2) is 11.7 Å². The van der Waals surface area contributed by atoms with Crippen LogP contribution >= 0.6 is 22.6 Å². The van der Waals surface area contributed by atoms with Crippen LogP contribution in [0.4, 0.5) is 0 Å². The fraction of sp³-hybridized carbons (Fsp3) is 0.438. The van der Waals surface area contributed by atoms with Crippen LogP contribution in [0.2, 0.25) is 0 Å². The minimum Gasteiger partial charge on any atom is -0.441 e. The molecule has 2 aromatic rings. The molecule has 1 aromatic heterocycles. The summed E-state index contributed by atoms with van der Waals surface area (Å²) in [7, 11) is 0. The minimum absolute atomic E-state index is 0.126. The monoisotopic (exact) mass is 384 g/mol. The zero-order valence-corrected chi connectivity index (χ0v) is 14.6. The number of aromatic nitrogens is 1. The van der Waals surface area contributed by atoms with Crippen LogP contribution < -0.4 is 5.32 Å². The van der Waals surface area contributed by atoms with E-state index < -0.39 is 0 Å². The molecule has 3 nitrogen and oxygen atoms in total. The van der Waals surface area contributed by atoms with E-state index in [9.17, 15) is 0 Å². The number of rotatable bonds is 4. The molecule has 0 saturated carbocycles. The van der Waals surface area contributed by atoms with Gasteiger partial charge in [0, 0.05) is 27.6 Å². The maximum absolute atomic E-state index is 5.86. The molecule has 1 N–H and O–H groups in total. The summed E-state index contributed by atoms with van der Waals surface area (Å²) in [6.45, 7) is 9.44. The highest BCUT2D eigenvalue weighted by Gasteiger charge is 2.12. The quantitative estimate of drug-likeness (QED) is 0.804. The molecule has 0 amide bonds. The summed E-state index contributed by atoms with van der Waals surface area (Å²) < 4.78 is 7.09. The minimum atomic E-state index is 0.126. The van der Waals surface area contributed by atoms with Crippen molar-refractivity contribution in [2.24, 2.45) is 0 Å². The van der Waals surface area contributed by atoms with E-state index in [1.165, 1.54) is 9.13 Å². The Labute approximate surface area is 134 Å². The van der Waals surface area contributed by atoms with Gasteiger partial charge >= 0.3 is 0 Å². The highest BCUT2D eigenvalue weighted by Crippen LogP contribution is 2.28. The van der Waals surface area contributed by atoms with Crippen LogP contribution in [0.1, 0.15) is 32.2 Å². The molecule has 1 aromatic carbocycles. The summed E-state index contributed by atoms with van der Waals surface area (Å²) in [5, 5.41) is 3.44. The Morgan fingerprint density at radius 2 is 2.05 bits per heavy atom.